The molecule has 8 heteroatoms. The van der Waals surface area contributed by atoms with E-state index >= 15 is 0 Å². The number of aryl methyl sites for hydroxylation is 1. The molecule has 2 N–H and O–H groups in total. The lowest BCUT2D eigenvalue weighted by Crippen LogP contribution is -2.26. The van der Waals surface area contributed by atoms with Crippen molar-refractivity contribution in [3.63, 3.8) is 0 Å². The standard InChI is InChI=1S/C12H14N2O4S2/c1-8(11-4-3-5-19-11)13-20(17,18)9-6-10(12(15)16)14(2)7-9/h3-8,13H,1-2H3,(H,15,16)/t8-/m1/s1. The first kappa shape index (κ1) is 14.8. The summed E-state index contributed by atoms with van der Waals surface area (Å²) in [5, 5.41) is 10.8. The van der Waals surface area contributed by atoms with Crippen LogP contribution in [-0.2, 0) is 17.1 Å². The van der Waals surface area contributed by atoms with Crippen molar-refractivity contribution in [1.29, 1.82) is 0 Å². The highest BCUT2D eigenvalue weighted by Crippen LogP contribution is 2.21. The van der Waals surface area contributed by atoms with E-state index in [1.165, 1.54) is 29.1 Å². The molecule has 0 aliphatic rings. The molecule has 2 heterocycles. The van der Waals surface area contributed by atoms with Gasteiger partial charge in [0.15, 0.2) is 0 Å². The summed E-state index contributed by atoms with van der Waals surface area (Å²) in [6, 6.07) is 4.46. The molecule has 0 aliphatic heterocycles. The number of thiophene rings is 1. The molecule has 0 aromatic carbocycles. The number of aromatic carboxylic acids is 1. The molecule has 2 rings (SSSR count). The molecular formula is C12H14N2O4S2. The van der Waals surface area contributed by atoms with Gasteiger partial charge >= 0.3 is 5.97 Å². The van der Waals surface area contributed by atoms with Crippen molar-refractivity contribution in [3.8, 4) is 0 Å². The van der Waals surface area contributed by atoms with Crippen LogP contribution in [0.3, 0.4) is 0 Å². The molecule has 0 bridgehead atoms. The smallest absolute Gasteiger partial charge is 0.352 e. The number of nitrogens with one attached hydrogen (secondary N) is 1. The monoisotopic (exact) mass is 314 g/mol. The van der Waals surface area contributed by atoms with E-state index < -0.39 is 16.0 Å². The largest absolute Gasteiger partial charge is 0.477 e. The van der Waals surface area contributed by atoms with Gasteiger partial charge in [-0.3, -0.25) is 0 Å². The van der Waals surface area contributed by atoms with Crippen molar-refractivity contribution in [2.45, 2.75) is 17.9 Å². The number of aromatic nitrogens is 1. The van der Waals surface area contributed by atoms with Gasteiger partial charge in [-0.25, -0.2) is 17.9 Å². The second-order valence-corrected chi connectivity index (χ2v) is 7.03. The van der Waals surface area contributed by atoms with Gasteiger partial charge < -0.3 is 9.67 Å². The van der Waals surface area contributed by atoms with Crippen LogP contribution in [0.2, 0.25) is 0 Å². The zero-order chi connectivity index (χ0) is 14.9. The molecule has 0 spiro atoms. The second kappa shape index (κ2) is 5.39. The second-order valence-electron chi connectivity index (χ2n) is 4.34. The lowest BCUT2D eigenvalue weighted by molar-refractivity contribution is 0.0686. The Bertz CT molecular complexity index is 717. The van der Waals surface area contributed by atoms with E-state index in [1.54, 1.807) is 6.92 Å². The minimum absolute atomic E-state index is 0.0548. The topological polar surface area (TPSA) is 88.4 Å². The number of hydrogen-bond donors (Lipinski definition) is 2. The van der Waals surface area contributed by atoms with Gasteiger partial charge in [-0.05, 0) is 24.4 Å². The number of nitrogens with zero attached hydrogens (tertiary/aromatic N) is 1. The van der Waals surface area contributed by atoms with Crippen LogP contribution in [0, 0.1) is 0 Å². The summed E-state index contributed by atoms with van der Waals surface area (Å²) in [5.74, 6) is -1.17. The van der Waals surface area contributed by atoms with Gasteiger partial charge in [-0.1, -0.05) is 6.07 Å². The summed E-state index contributed by atoms with van der Waals surface area (Å²) in [5.41, 5.74) is -0.0749. The summed E-state index contributed by atoms with van der Waals surface area (Å²) in [6.45, 7) is 1.74. The van der Waals surface area contributed by atoms with Gasteiger partial charge in [0.1, 0.15) is 10.6 Å². The Morgan fingerprint density at radius 2 is 2.20 bits per heavy atom. The summed E-state index contributed by atoms with van der Waals surface area (Å²) < 4.78 is 28.2. The minimum atomic E-state index is -3.75. The van der Waals surface area contributed by atoms with Crippen LogP contribution in [0.15, 0.2) is 34.7 Å². The third-order valence-electron chi connectivity index (χ3n) is 2.81. The first-order valence-electron chi connectivity index (χ1n) is 5.76. The molecule has 2 aromatic heterocycles. The fourth-order valence-electron chi connectivity index (χ4n) is 1.79. The van der Waals surface area contributed by atoms with Crippen LogP contribution in [0.4, 0.5) is 0 Å². The van der Waals surface area contributed by atoms with E-state index in [1.807, 2.05) is 17.5 Å². The maximum atomic E-state index is 12.2. The van der Waals surface area contributed by atoms with Gasteiger partial charge in [0, 0.05) is 18.1 Å². The number of rotatable bonds is 5. The van der Waals surface area contributed by atoms with E-state index in [0.717, 1.165) is 10.9 Å². The molecule has 0 saturated carbocycles. The summed E-state index contributed by atoms with van der Waals surface area (Å²) in [6.07, 6.45) is 1.28. The third kappa shape index (κ3) is 2.92. The maximum absolute atomic E-state index is 12.2. The highest BCUT2D eigenvalue weighted by molar-refractivity contribution is 7.89. The van der Waals surface area contributed by atoms with Crippen LogP contribution in [0.5, 0.6) is 0 Å². The Morgan fingerprint density at radius 1 is 1.50 bits per heavy atom. The highest BCUT2D eigenvalue weighted by Gasteiger charge is 2.22. The van der Waals surface area contributed by atoms with Crippen molar-refractivity contribution in [2.24, 2.45) is 7.05 Å². The normalized spacial score (nSPS) is 13.3. The van der Waals surface area contributed by atoms with Gasteiger partial charge in [-0.2, -0.15) is 0 Å². The van der Waals surface area contributed by atoms with Crippen LogP contribution in [0.1, 0.15) is 28.3 Å². The lowest BCUT2D eigenvalue weighted by atomic mass is 10.3. The average Bonchev–Trinajstić information content (AvgIpc) is 2.96. The number of hydrogen-bond acceptors (Lipinski definition) is 4. The van der Waals surface area contributed by atoms with Crippen molar-refractivity contribution in [2.75, 3.05) is 0 Å². The number of carbonyl (C=O) groups is 1. The van der Waals surface area contributed by atoms with Crippen molar-refractivity contribution < 1.29 is 18.3 Å². The quantitative estimate of drug-likeness (QED) is 0.881. The molecular weight excluding hydrogens is 300 g/mol. The van der Waals surface area contributed by atoms with Crippen molar-refractivity contribution in [3.05, 3.63) is 40.3 Å². The molecule has 2 aromatic rings. The molecule has 0 amide bonds. The molecule has 0 unspecified atom stereocenters. The molecule has 1 atom stereocenters. The van der Waals surface area contributed by atoms with Crippen molar-refractivity contribution >= 4 is 27.3 Å². The summed E-state index contributed by atoms with van der Waals surface area (Å²) in [4.78, 5) is 11.8. The van der Waals surface area contributed by atoms with Gasteiger partial charge in [0.05, 0.1) is 6.04 Å². The zero-order valence-corrected chi connectivity index (χ0v) is 12.5. The van der Waals surface area contributed by atoms with E-state index in [2.05, 4.69) is 4.72 Å². The fraction of sp³-hybridized carbons (Fsp3) is 0.250. The predicted octanol–water partition coefficient (Wildman–Crippen LogP) is 1.82. The zero-order valence-electron chi connectivity index (χ0n) is 10.9. The molecule has 20 heavy (non-hydrogen) atoms. The Labute approximate surface area is 120 Å². The molecule has 0 radical (unpaired) electrons. The van der Waals surface area contributed by atoms with Gasteiger partial charge in [0.2, 0.25) is 10.0 Å². The number of carboxylic acid groups (broad SMARTS) is 1. The van der Waals surface area contributed by atoms with Crippen LogP contribution in [0.25, 0.3) is 0 Å². The SMILES string of the molecule is C[C@@H](NS(=O)(=O)c1cc(C(=O)O)n(C)c1)c1cccs1. The Morgan fingerprint density at radius 3 is 2.70 bits per heavy atom. The van der Waals surface area contributed by atoms with Gasteiger partial charge in [-0.15, -0.1) is 11.3 Å². The van der Waals surface area contributed by atoms with Crippen molar-refractivity contribution in [1.82, 2.24) is 9.29 Å². The first-order valence-corrected chi connectivity index (χ1v) is 8.13. The third-order valence-corrected chi connectivity index (χ3v) is 5.37. The lowest BCUT2D eigenvalue weighted by Gasteiger charge is -2.11. The Hall–Kier alpha value is -1.64. The van der Waals surface area contributed by atoms with Crippen LogP contribution in [-0.4, -0.2) is 24.1 Å². The number of sulfonamides is 1. The Kier molecular flexibility index (Phi) is 3.98. The van der Waals surface area contributed by atoms with Crippen LogP contribution >= 0.6 is 11.3 Å². The summed E-state index contributed by atoms with van der Waals surface area (Å²) in [7, 11) is -2.26. The number of carboxylic acids is 1. The minimum Gasteiger partial charge on any atom is -0.477 e. The molecule has 6 nitrogen and oxygen atoms in total. The Balaban J connectivity index is 2.27. The predicted molar refractivity (Wildman–Crippen MR) is 75.4 cm³/mol. The van der Waals surface area contributed by atoms with Crippen LogP contribution < -0.4 is 4.72 Å². The highest BCUT2D eigenvalue weighted by atomic mass is 32.2. The van der Waals surface area contributed by atoms with Gasteiger partial charge in [0.25, 0.3) is 0 Å². The molecule has 0 fully saturated rings. The van der Waals surface area contributed by atoms with E-state index in [9.17, 15) is 13.2 Å². The summed E-state index contributed by atoms with van der Waals surface area (Å²) >= 11 is 1.45. The molecule has 0 aliphatic carbocycles. The molecule has 0 saturated heterocycles. The fourth-order valence-corrected chi connectivity index (χ4v) is 3.89. The average molecular weight is 314 g/mol. The van der Waals surface area contributed by atoms with E-state index in [4.69, 9.17) is 5.11 Å². The maximum Gasteiger partial charge on any atom is 0.352 e. The van der Waals surface area contributed by atoms with E-state index in [0.29, 0.717) is 0 Å². The van der Waals surface area contributed by atoms with E-state index in [-0.39, 0.29) is 16.6 Å². The first-order chi connectivity index (χ1) is 9.31. The molecule has 108 valence electrons.